The highest BCUT2D eigenvalue weighted by Crippen LogP contribution is 2.89. The van der Waals surface area contributed by atoms with Crippen molar-refractivity contribution in [3.63, 3.8) is 0 Å². The Morgan fingerprint density at radius 3 is 2.19 bits per heavy atom. The molecule has 0 aromatic carbocycles. The minimum atomic E-state index is -0.406. The van der Waals surface area contributed by atoms with Crippen molar-refractivity contribution >= 4 is 17.9 Å². The molecule has 0 amide bonds. The molecule has 7 heteroatoms. The molecule has 2 spiro atoms. The fraction of sp³-hybridized carbons (Fsp3) is 0.857. The molecule has 0 radical (unpaired) electrons. The largest absolute Gasteiger partial charge is 0.466 e. The first kappa shape index (κ1) is 31.5. The number of esters is 3. The van der Waals surface area contributed by atoms with Crippen LogP contribution in [0.1, 0.15) is 113 Å². The number of carbonyl (C=O) groups is 3. The van der Waals surface area contributed by atoms with Gasteiger partial charge < -0.3 is 19.3 Å². The minimum absolute atomic E-state index is 0.0422. The van der Waals surface area contributed by atoms with Crippen molar-refractivity contribution in [3.8, 4) is 0 Å². The van der Waals surface area contributed by atoms with E-state index in [-0.39, 0.29) is 69.0 Å². The molecule has 0 aromatic rings. The second-order valence-electron chi connectivity index (χ2n) is 15.8. The third-order valence-corrected chi connectivity index (χ3v) is 14.0. The first-order chi connectivity index (χ1) is 19.5. The minimum Gasteiger partial charge on any atom is -0.466 e. The Hall–Kier alpha value is -1.89. The van der Waals surface area contributed by atoms with Crippen molar-refractivity contribution in [1.29, 1.82) is 0 Å². The van der Waals surface area contributed by atoms with E-state index in [1.165, 1.54) is 21.0 Å². The van der Waals surface area contributed by atoms with Crippen molar-refractivity contribution in [3.05, 3.63) is 11.6 Å². The summed E-state index contributed by atoms with van der Waals surface area (Å²) < 4.78 is 17.0. The molecule has 236 valence electrons. The number of rotatable bonds is 7. The van der Waals surface area contributed by atoms with Crippen LogP contribution in [0.5, 0.6) is 0 Å². The van der Waals surface area contributed by atoms with Crippen molar-refractivity contribution in [2.24, 2.45) is 50.7 Å². The molecule has 11 atom stereocenters. The van der Waals surface area contributed by atoms with Crippen molar-refractivity contribution in [2.75, 3.05) is 7.11 Å². The van der Waals surface area contributed by atoms with E-state index in [0.717, 1.165) is 51.4 Å². The molecule has 1 N–H and O–H groups in total. The summed E-state index contributed by atoms with van der Waals surface area (Å²) >= 11 is 0. The standard InChI is InChI=1S/C35H54O7/c1-20(11-10-12-21(2)30(39)40-9)24-17-29(42-23(4)37)33(8)26-14-13-25-31(5,6)28(41-22(3)36)15-16-34(25)19-35(26,34)27(38)18-32(24,33)7/h12,20,24-29,38H,10-11,13-19H2,1-9H3/t20-,24-,25-,26-,27-,28+,29+,32-,33-,34-,35+/m1/s1. The Labute approximate surface area is 252 Å². The summed E-state index contributed by atoms with van der Waals surface area (Å²) in [7, 11) is 1.41. The Kier molecular flexibility index (Phi) is 7.76. The van der Waals surface area contributed by atoms with Gasteiger partial charge in [0.1, 0.15) is 12.2 Å². The lowest BCUT2D eigenvalue weighted by molar-refractivity contribution is -0.225. The zero-order valence-electron chi connectivity index (χ0n) is 27.4. The zero-order valence-corrected chi connectivity index (χ0v) is 27.4. The van der Waals surface area contributed by atoms with Gasteiger partial charge in [0.25, 0.3) is 0 Å². The fourth-order valence-corrected chi connectivity index (χ4v) is 12.1. The van der Waals surface area contributed by atoms with E-state index in [1.807, 2.05) is 6.08 Å². The van der Waals surface area contributed by atoms with Gasteiger partial charge in [0.15, 0.2) is 0 Å². The highest BCUT2D eigenvalue weighted by atomic mass is 16.5. The molecule has 5 aliphatic carbocycles. The summed E-state index contributed by atoms with van der Waals surface area (Å²) in [5, 5.41) is 12.3. The molecule has 5 fully saturated rings. The molecule has 5 saturated carbocycles. The number of methoxy groups -OCH3 is 1. The van der Waals surface area contributed by atoms with E-state index >= 15 is 0 Å². The number of fused-ring (bicyclic) bond motifs is 2. The van der Waals surface area contributed by atoms with Crippen LogP contribution in [0.25, 0.3) is 0 Å². The van der Waals surface area contributed by atoms with Gasteiger partial charge in [0, 0.05) is 35.7 Å². The van der Waals surface area contributed by atoms with Crippen molar-refractivity contribution < 1.29 is 33.7 Å². The topological polar surface area (TPSA) is 99.1 Å². The van der Waals surface area contributed by atoms with Gasteiger partial charge in [-0.25, -0.2) is 4.79 Å². The zero-order chi connectivity index (χ0) is 31.0. The van der Waals surface area contributed by atoms with E-state index in [4.69, 9.17) is 14.2 Å². The number of hydrogen-bond acceptors (Lipinski definition) is 7. The molecule has 0 bridgehead atoms. The normalized spacial score (nSPS) is 45.8. The second kappa shape index (κ2) is 10.3. The Morgan fingerprint density at radius 2 is 1.57 bits per heavy atom. The smallest absolute Gasteiger partial charge is 0.333 e. The predicted molar refractivity (Wildman–Crippen MR) is 159 cm³/mol. The number of aliphatic hydroxyl groups is 1. The molecule has 0 aromatic heterocycles. The molecule has 0 unspecified atom stereocenters. The summed E-state index contributed by atoms with van der Waals surface area (Å²) in [5.41, 5.74) is -0.107. The summed E-state index contributed by atoms with van der Waals surface area (Å²) in [6.07, 6.45) is 9.37. The highest BCUT2D eigenvalue weighted by Gasteiger charge is 2.86. The van der Waals surface area contributed by atoms with Gasteiger partial charge in [-0.15, -0.1) is 0 Å². The van der Waals surface area contributed by atoms with Crippen LogP contribution in [-0.4, -0.2) is 48.4 Å². The van der Waals surface area contributed by atoms with Crippen LogP contribution in [0, 0.1) is 50.7 Å². The lowest BCUT2D eigenvalue weighted by Crippen LogP contribution is -2.64. The van der Waals surface area contributed by atoms with Crippen LogP contribution in [0.4, 0.5) is 0 Å². The first-order valence-corrected chi connectivity index (χ1v) is 16.3. The predicted octanol–water partition coefficient (Wildman–Crippen LogP) is 6.41. The second-order valence-corrected chi connectivity index (χ2v) is 15.8. The Morgan fingerprint density at radius 1 is 0.952 bits per heavy atom. The lowest BCUT2D eigenvalue weighted by Gasteiger charge is -2.65. The monoisotopic (exact) mass is 586 g/mol. The van der Waals surface area contributed by atoms with Crippen LogP contribution in [0.3, 0.4) is 0 Å². The number of carbonyl (C=O) groups excluding carboxylic acids is 3. The number of hydrogen-bond donors (Lipinski definition) is 1. The molecular formula is C35H54O7. The van der Waals surface area contributed by atoms with Gasteiger partial charge >= 0.3 is 17.9 Å². The maximum Gasteiger partial charge on any atom is 0.333 e. The quantitative estimate of drug-likeness (QED) is 0.209. The number of allylic oxidation sites excluding steroid dienone is 1. The summed E-state index contributed by atoms with van der Waals surface area (Å²) in [6, 6.07) is 0. The van der Waals surface area contributed by atoms with E-state index in [1.54, 1.807) is 6.92 Å². The molecule has 5 rings (SSSR count). The average Bonchev–Trinajstić information content (AvgIpc) is 3.54. The average molecular weight is 587 g/mol. The van der Waals surface area contributed by atoms with Gasteiger partial charge in [-0.05, 0) is 99.2 Å². The fourth-order valence-electron chi connectivity index (χ4n) is 12.1. The lowest BCUT2D eigenvalue weighted by atomic mass is 9.40. The van der Waals surface area contributed by atoms with Crippen LogP contribution in [0.15, 0.2) is 11.6 Å². The molecule has 42 heavy (non-hydrogen) atoms. The van der Waals surface area contributed by atoms with Gasteiger partial charge in [-0.2, -0.15) is 0 Å². The number of ether oxygens (including phenoxy) is 3. The van der Waals surface area contributed by atoms with Crippen molar-refractivity contribution in [1.82, 2.24) is 0 Å². The summed E-state index contributed by atoms with van der Waals surface area (Å²) in [5.74, 6) is 0.535. The molecule has 5 aliphatic rings. The van der Waals surface area contributed by atoms with E-state index < -0.39 is 6.10 Å². The molecular weight excluding hydrogens is 532 g/mol. The van der Waals surface area contributed by atoms with Crippen LogP contribution < -0.4 is 0 Å². The SMILES string of the molecule is COC(=O)C(C)=CCC[C@@H](C)[C@H]1C[C@H](OC(C)=O)[C@@]2(C)[C@H]3CC[C@@H]4C(C)(C)[C@@H](OC(C)=O)CC[C@@]45C[C@@]35[C@H](O)C[C@]12C. The van der Waals surface area contributed by atoms with Crippen LogP contribution in [-0.2, 0) is 28.6 Å². The van der Waals surface area contributed by atoms with E-state index in [2.05, 4.69) is 34.6 Å². The van der Waals surface area contributed by atoms with Gasteiger partial charge in [-0.3, -0.25) is 9.59 Å². The molecule has 7 nitrogen and oxygen atoms in total. The van der Waals surface area contributed by atoms with E-state index in [9.17, 15) is 19.5 Å². The maximum absolute atomic E-state index is 12.5. The summed E-state index contributed by atoms with van der Waals surface area (Å²) in [4.78, 5) is 36.4. The third-order valence-electron chi connectivity index (χ3n) is 14.0. The van der Waals surface area contributed by atoms with Gasteiger partial charge in [-0.1, -0.05) is 40.7 Å². The number of aliphatic hydroxyl groups excluding tert-OH is 1. The van der Waals surface area contributed by atoms with Crippen molar-refractivity contribution in [2.45, 2.75) is 131 Å². The molecule has 0 saturated heterocycles. The molecule has 0 aliphatic heterocycles. The Bertz CT molecular complexity index is 1160. The maximum atomic E-state index is 12.5. The van der Waals surface area contributed by atoms with Crippen LogP contribution in [0.2, 0.25) is 0 Å². The first-order valence-electron chi connectivity index (χ1n) is 16.3. The third kappa shape index (κ3) is 4.18. The van der Waals surface area contributed by atoms with Gasteiger partial charge in [0.2, 0.25) is 0 Å². The summed E-state index contributed by atoms with van der Waals surface area (Å²) in [6.45, 7) is 16.4. The van der Waals surface area contributed by atoms with Gasteiger partial charge in [0.05, 0.1) is 13.2 Å². The van der Waals surface area contributed by atoms with Crippen LogP contribution >= 0.6 is 0 Å². The van der Waals surface area contributed by atoms with E-state index in [0.29, 0.717) is 23.8 Å². The highest BCUT2D eigenvalue weighted by molar-refractivity contribution is 5.87. The molecule has 0 heterocycles. The Balaban J connectivity index is 1.47.